The second-order valence-corrected chi connectivity index (χ2v) is 5.39. The van der Waals surface area contributed by atoms with Crippen LogP contribution in [-0.4, -0.2) is 30.6 Å². The fourth-order valence-corrected chi connectivity index (χ4v) is 2.63. The molecule has 1 saturated heterocycles. The number of aromatic nitrogens is 4. The molecule has 0 atom stereocenters. The summed E-state index contributed by atoms with van der Waals surface area (Å²) >= 11 is 5.28. The summed E-state index contributed by atoms with van der Waals surface area (Å²) < 4.78 is 3.46. The molecule has 1 aliphatic rings. The highest BCUT2D eigenvalue weighted by Crippen LogP contribution is 2.24. The van der Waals surface area contributed by atoms with Crippen LogP contribution in [0, 0.1) is 6.92 Å². The van der Waals surface area contributed by atoms with E-state index in [4.69, 9.17) is 12.2 Å². The average molecular weight is 316 g/mol. The summed E-state index contributed by atoms with van der Waals surface area (Å²) in [6.45, 7) is 4.63. The fraction of sp³-hybridized carbons (Fsp3) is 0.286. The van der Waals surface area contributed by atoms with Gasteiger partial charge in [0.25, 0.3) is 5.91 Å². The van der Waals surface area contributed by atoms with Crippen molar-refractivity contribution in [2.24, 2.45) is 7.05 Å². The van der Waals surface area contributed by atoms with Gasteiger partial charge in [0, 0.05) is 26.0 Å². The highest BCUT2D eigenvalue weighted by Gasteiger charge is 2.34. The first-order valence-electron chi connectivity index (χ1n) is 6.90. The van der Waals surface area contributed by atoms with E-state index >= 15 is 0 Å². The van der Waals surface area contributed by atoms with Crippen LogP contribution in [0.4, 0.5) is 5.69 Å². The van der Waals surface area contributed by atoms with Gasteiger partial charge >= 0.3 is 0 Å². The first-order valence-corrected chi connectivity index (χ1v) is 7.31. The van der Waals surface area contributed by atoms with Crippen molar-refractivity contribution in [2.75, 3.05) is 4.90 Å². The van der Waals surface area contributed by atoms with Crippen LogP contribution in [0.1, 0.15) is 18.3 Å². The van der Waals surface area contributed by atoms with Crippen LogP contribution in [-0.2, 0) is 18.4 Å². The molecule has 0 bridgehead atoms. The zero-order valence-corrected chi connectivity index (χ0v) is 13.4. The van der Waals surface area contributed by atoms with Gasteiger partial charge < -0.3 is 5.32 Å². The highest BCUT2D eigenvalue weighted by molar-refractivity contribution is 7.80. The van der Waals surface area contributed by atoms with Gasteiger partial charge in [0.2, 0.25) is 0 Å². The number of nitrogens with zero attached hydrogens (tertiary/aromatic N) is 5. The maximum absolute atomic E-state index is 12.6. The van der Waals surface area contributed by atoms with E-state index in [9.17, 15) is 4.79 Å². The molecule has 0 spiro atoms. The molecule has 1 N–H and O–H groups in total. The predicted molar refractivity (Wildman–Crippen MR) is 87.0 cm³/mol. The van der Waals surface area contributed by atoms with Crippen LogP contribution in [0.25, 0.3) is 6.08 Å². The molecule has 0 aromatic carbocycles. The van der Waals surface area contributed by atoms with E-state index in [-0.39, 0.29) is 5.91 Å². The molecule has 0 aliphatic carbocycles. The zero-order chi connectivity index (χ0) is 15.9. The fourth-order valence-electron chi connectivity index (χ4n) is 2.34. The van der Waals surface area contributed by atoms with E-state index < -0.39 is 0 Å². The second-order valence-electron chi connectivity index (χ2n) is 5.00. The lowest BCUT2D eigenvalue weighted by atomic mass is 10.3. The number of aryl methyl sites for hydroxylation is 3. The molecule has 114 valence electrons. The highest BCUT2D eigenvalue weighted by atomic mass is 32.1. The number of rotatable bonds is 3. The molecule has 1 fully saturated rings. The van der Waals surface area contributed by atoms with Crippen LogP contribution < -0.4 is 10.2 Å². The maximum atomic E-state index is 12.6. The van der Waals surface area contributed by atoms with Crippen LogP contribution in [0.15, 0.2) is 24.2 Å². The molecular formula is C14H16N6OS. The number of carbonyl (C=O) groups is 1. The van der Waals surface area contributed by atoms with Gasteiger partial charge in [-0.2, -0.15) is 10.2 Å². The summed E-state index contributed by atoms with van der Waals surface area (Å²) in [6, 6.07) is 1.85. The first-order chi connectivity index (χ1) is 10.5. The monoisotopic (exact) mass is 316 g/mol. The van der Waals surface area contributed by atoms with Crippen molar-refractivity contribution in [3.63, 3.8) is 0 Å². The van der Waals surface area contributed by atoms with E-state index in [0.717, 1.165) is 12.2 Å². The predicted octanol–water partition coefficient (Wildman–Crippen LogP) is 1.21. The largest absolute Gasteiger partial charge is 0.327 e. The third-order valence-corrected chi connectivity index (χ3v) is 3.67. The van der Waals surface area contributed by atoms with Crippen molar-refractivity contribution in [1.29, 1.82) is 0 Å². The standard InChI is InChI=1S/C14H16N6OS/c1-4-19-6-5-10(17-19)7-11-13(21)20(14(22)15-11)12-8-18(3)16-9(12)2/h5-8H,4H2,1-3H3,(H,15,22)/b11-7+. The van der Waals surface area contributed by atoms with Gasteiger partial charge in [0.05, 0.1) is 17.1 Å². The molecule has 2 aromatic heterocycles. The van der Waals surface area contributed by atoms with E-state index in [1.807, 2.05) is 33.2 Å². The van der Waals surface area contributed by atoms with E-state index in [1.54, 1.807) is 21.6 Å². The number of hydrogen-bond acceptors (Lipinski definition) is 4. The van der Waals surface area contributed by atoms with Crippen LogP contribution >= 0.6 is 12.2 Å². The second kappa shape index (κ2) is 5.38. The van der Waals surface area contributed by atoms with E-state index in [1.165, 1.54) is 4.90 Å². The molecule has 3 rings (SSSR count). The Kier molecular flexibility index (Phi) is 3.53. The molecule has 1 amide bonds. The van der Waals surface area contributed by atoms with E-state index in [0.29, 0.717) is 22.2 Å². The Hall–Kier alpha value is -2.48. The summed E-state index contributed by atoms with van der Waals surface area (Å²) in [4.78, 5) is 14.1. The lowest BCUT2D eigenvalue weighted by Gasteiger charge is -2.11. The minimum atomic E-state index is -0.202. The topological polar surface area (TPSA) is 68.0 Å². The van der Waals surface area contributed by atoms with Crippen molar-refractivity contribution < 1.29 is 4.79 Å². The van der Waals surface area contributed by atoms with Crippen LogP contribution in [0.5, 0.6) is 0 Å². The smallest absolute Gasteiger partial charge is 0.281 e. The lowest BCUT2D eigenvalue weighted by Crippen LogP contribution is -2.30. The van der Waals surface area contributed by atoms with Crippen LogP contribution in [0.2, 0.25) is 0 Å². The van der Waals surface area contributed by atoms with Gasteiger partial charge in [-0.3, -0.25) is 14.2 Å². The molecule has 0 unspecified atom stereocenters. The SMILES string of the molecule is CCn1ccc(/C=C2/NC(=S)N(c3cn(C)nc3C)C2=O)n1. The zero-order valence-electron chi connectivity index (χ0n) is 12.6. The summed E-state index contributed by atoms with van der Waals surface area (Å²) in [5, 5.41) is 11.9. The number of hydrogen-bond donors (Lipinski definition) is 1. The Balaban J connectivity index is 1.92. The van der Waals surface area contributed by atoms with Crippen LogP contribution in [0.3, 0.4) is 0 Å². The number of thiocarbonyl (C=S) groups is 1. The Labute approximate surface area is 133 Å². The Bertz CT molecular complexity index is 787. The minimum Gasteiger partial charge on any atom is -0.327 e. The quantitative estimate of drug-likeness (QED) is 0.681. The van der Waals surface area contributed by atoms with Crippen molar-refractivity contribution in [3.8, 4) is 0 Å². The molecule has 2 aromatic rings. The molecule has 8 heteroatoms. The molecule has 0 saturated carbocycles. The summed E-state index contributed by atoms with van der Waals surface area (Å²) in [5.74, 6) is -0.202. The first kappa shape index (κ1) is 14.5. The summed E-state index contributed by atoms with van der Waals surface area (Å²) in [6.07, 6.45) is 5.34. The summed E-state index contributed by atoms with van der Waals surface area (Å²) in [5.41, 5.74) is 2.56. The maximum Gasteiger partial charge on any atom is 0.281 e. The lowest BCUT2D eigenvalue weighted by molar-refractivity contribution is -0.113. The van der Waals surface area contributed by atoms with Crippen molar-refractivity contribution in [3.05, 3.63) is 35.5 Å². The molecular weight excluding hydrogens is 300 g/mol. The van der Waals surface area contributed by atoms with Gasteiger partial charge in [-0.05, 0) is 38.2 Å². The van der Waals surface area contributed by atoms with Gasteiger partial charge in [-0.1, -0.05) is 0 Å². The van der Waals surface area contributed by atoms with Gasteiger partial charge in [-0.25, -0.2) is 4.90 Å². The molecule has 3 heterocycles. The Morgan fingerprint density at radius 3 is 2.77 bits per heavy atom. The van der Waals surface area contributed by atoms with Crippen molar-refractivity contribution in [2.45, 2.75) is 20.4 Å². The van der Waals surface area contributed by atoms with Crippen molar-refractivity contribution in [1.82, 2.24) is 24.9 Å². The minimum absolute atomic E-state index is 0.202. The molecule has 0 radical (unpaired) electrons. The molecule has 22 heavy (non-hydrogen) atoms. The van der Waals surface area contributed by atoms with E-state index in [2.05, 4.69) is 15.5 Å². The number of amides is 1. The van der Waals surface area contributed by atoms with Crippen molar-refractivity contribution >= 4 is 35.0 Å². The van der Waals surface area contributed by atoms with Gasteiger partial charge in [0.1, 0.15) is 5.70 Å². The normalized spacial score (nSPS) is 16.7. The van der Waals surface area contributed by atoms with Gasteiger partial charge in [-0.15, -0.1) is 0 Å². The Morgan fingerprint density at radius 1 is 1.41 bits per heavy atom. The number of carbonyl (C=O) groups excluding carboxylic acids is 1. The van der Waals surface area contributed by atoms with Gasteiger partial charge in [0.15, 0.2) is 5.11 Å². The number of anilines is 1. The Morgan fingerprint density at radius 2 is 2.18 bits per heavy atom. The summed E-state index contributed by atoms with van der Waals surface area (Å²) in [7, 11) is 1.81. The molecule has 7 nitrogen and oxygen atoms in total. The third-order valence-electron chi connectivity index (χ3n) is 3.38. The number of nitrogens with one attached hydrogen (secondary N) is 1. The molecule has 1 aliphatic heterocycles. The average Bonchev–Trinajstić information content (AvgIpc) is 3.11. The third kappa shape index (κ3) is 2.41.